The molecule has 2 heterocycles. The molecule has 0 aliphatic heterocycles. The predicted octanol–water partition coefficient (Wildman–Crippen LogP) is 2.42. The highest BCUT2D eigenvalue weighted by atomic mass is 35.5. The van der Waals surface area contributed by atoms with E-state index in [-0.39, 0.29) is 5.56 Å². The first-order valence-electron chi connectivity index (χ1n) is 4.83. The van der Waals surface area contributed by atoms with Crippen molar-refractivity contribution in [2.75, 3.05) is 0 Å². The molecule has 0 spiro atoms. The van der Waals surface area contributed by atoms with E-state index in [1.54, 1.807) is 13.1 Å². The Labute approximate surface area is 101 Å². The number of halogens is 1. The lowest BCUT2D eigenvalue weighted by Crippen LogP contribution is -2.15. The molecule has 0 unspecified atom stereocenters. The molecule has 0 amide bonds. The lowest BCUT2D eigenvalue weighted by Gasteiger charge is -2.02. The normalized spacial score (nSPS) is 10.7. The maximum atomic E-state index is 11.6. The zero-order valence-corrected chi connectivity index (χ0v) is 10.4. The van der Waals surface area contributed by atoms with Crippen LogP contribution in [0, 0.1) is 6.92 Å². The summed E-state index contributed by atoms with van der Waals surface area (Å²) >= 11 is 7.09. The molecule has 4 nitrogen and oxygen atoms in total. The highest BCUT2D eigenvalue weighted by molar-refractivity contribution is 7.18. The Bertz CT molecular complexity index is 576. The molecule has 1 N–H and O–H groups in total. The third kappa shape index (κ3) is 2.01. The lowest BCUT2D eigenvalue weighted by molar-refractivity contribution is 0.953. The number of rotatable bonds is 2. The second kappa shape index (κ2) is 4.35. The fraction of sp³-hybridized carbons (Fsp3) is 0.300. The summed E-state index contributed by atoms with van der Waals surface area (Å²) in [6, 6.07) is 0. The quantitative estimate of drug-likeness (QED) is 0.897. The molecule has 0 aromatic carbocycles. The summed E-state index contributed by atoms with van der Waals surface area (Å²) in [7, 11) is 0. The summed E-state index contributed by atoms with van der Waals surface area (Å²) in [6.07, 6.45) is 2.27. The van der Waals surface area contributed by atoms with Crippen LogP contribution in [0.15, 0.2) is 11.0 Å². The van der Waals surface area contributed by atoms with Gasteiger partial charge in [-0.1, -0.05) is 29.9 Å². The van der Waals surface area contributed by atoms with Gasteiger partial charge in [0.05, 0.1) is 11.9 Å². The van der Waals surface area contributed by atoms with E-state index in [0.29, 0.717) is 20.7 Å². The second-order valence-corrected chi connectivity index (χ2v) is 4.97. The number of aromatic nitrogens is 3. The minimum atomic E-state index is -0.117. The average Bonchev–Trinajstić information content (AvgIpc) is 2.69. The highest BCUT2D eigenvalue weighted by Gasteiger charge is 2.10. The molecular weight excluding hydrogens is 246 g/mol. The van der Waals surface area contributed by atoms with Crippen LogP contribution in [0.3, 0.4) is 0 Å². The van der Waals surface area contributed by atoms with E-state index in [9.17, 15) is 4.79 Å². The molecule has 6 heteroatoms. The summed E-state index contributed by atoms with van der Waals surface area (Å²) in [5.41, 5.74) is 1.34. The smallest absolute Gasteiger partial charge is 0.254 e. The molecule has 0 aliphatic rings. The molecule has 84 valence electrons. The number of hydrogen-bond acceptors (Lipinski definition) is 4. The Morgan fingerprint density at radius 2 is 2.31 bits per heavy atom. The Morgan fingerprint density at radius 3 is 2.88 bits per heavy atom. The Balaban J connectivity index is 2.59. The number of thiazole rings is 1. The molecular formula is C10H10ClN3OS. The Hall–Kier alpha value is -1.20. The van der Waals surface area contributed by atoms with Gasteiger partial charge in [0.2, 0.25) is 0 Å². The van der Waals surface area contributed by atoms with E-state index < -0.39 is 0 Å². The molecule has 0 radical (unpaired) electrons. The fourth-order valence-electron chi connectivity index (χ4n) is 1.39. The van der Waals surface area contributed by atoms with Gasteiger partial charge in [-0.2, -0.15) is 0 Å². The van der Waals surface area contributed by atoms with E-state index in [1.807, 2.05) is 6.92 Å². The Kier molecular flexibility index (Phi) is 3.07. The van der Waals surface area contributed by atoms with Gasteiger partial charge in [0.15, 0.2) is 10.8 Å². The molecule has 0 saturated heterocycles. The molecule has 2 aromatic heterocycles. The summed E-state index contributed by atoms with van der Waals surface area (Å²) in [5.74, 6) is 0.490. The van der Waals surface area contributed by atoms with Gasteiger partial charge in [0.1, 0.15) is 4.34 Å². The molecule has 16 heavy (non-hydrogen) atoms. The zero-order valence-electron chi connectivity index (χ0n) is 8.87. The second-order valence-electron chi connectivity index (χ2n) is 3.31. The van der Waals surface area contributed by atoms with Crippen LogP contribution in [0.2, 0.25) is 4.34 Å². The van der Waals surface area contributed by atoms with Gasteiger partial charge in [0, 0.05) is 5.56 Å². The van der Waals surface area contributed by atoms with Crippen molar-refractivity contribution >= 4 is 22.9 Å². The largest absolute Gasteiger partial charge is 0.304 e. The van der Waals surface area contributed by atoms with Crippen LogP contribution in [-0.2, 0) is 6.42 Å². The maximum Gasteiger partial charge on any atom is 0.254 e. The number of aromatic amines is 1. The van der Waals surface area contributed by atoms with Crippen molar-refractivity contribution in [3.63, 3.8) is 0 Å². The fourth-order valence-corrected chi connectivity index (χ4v) is 2.25. The highest BCUT2D eigenvalue weighted by Crippen LogP contribution is 2.25. The van der Waals surface area contributed by atoms with Gasteiger partial charge >= 0.3 is 0 Å². The van der Waals surface area contributed by atoms with Crippen LogP contribution >= 0.6 is 22.9 Å². The standard InChI is InChI=1S/C10H10ClN3OS/c1-3-6-5(2)9(15)14-8(13-6)10-12-4-7(11)16-10/h4H,3H2,1-2H3,(H,13,14,15). The van der Waals surface area contributed by atoms with Crippen molar-refractivity contribution in [3.05, 3.63) is 32.1 Å². The Morgan fingerprint density at radius 1 is 1.56 bits per heavy atom. The van der Waals surface area contributed by atoms with Gasteiger partial charge in [-0.25, -0.2) is 9.97 Å². The molecule has 2 rings (SSSR count). The predicted molar refractivity (Wildman–Crippen MR) is 65.1 cm³/mol. The molecule has 0 fully saturated rings. The van der Waals surface area contributed by atoms with Crippen molar-refractivity contribution in [1.82, 2.24) is 15.0 Å². The number of nitrogens with one attached hydrogen (secondary N) is 1. The summed E-state index contributed by atoms with van der Waals surface area (Å²) < 4.78 is 0.580. The summed E-state index contributed by atoms with van der Waals surface area (Å²) in [6.45, 7) is 3.73. The van der Waals surface area contributed by atoms with Gasteiger partial charge in [-0.15, -0.1) is 0 Å². The number of aryl methyl sites for hydroxylation is 1. The van der Waals surface area contributed by atoms with Gasteiger partial charge < -0.3 is 4.98 Å². The van der Waals surface area contributed by atoms with Crippen molar-refractivity contribution in [3.8, 4) is 10.8 Å². The van der Waals surface area contributed by atoms with Crippen molar-refractivity contribution in [2.24, 2.45) is 0 Å². The van der Waals surface area contributed by atoms with Gasteiger partial charge in [0.25, 0.3) is 5.56 Å². The van der Waals surface area contributed by atoms with Crippen LogP contribution in [0.4, 0.5) is 0 Å². The number of H-pyrrole nitrogens is 1. The minimum absolute atomic E-state index is 0.117. The summed E-state index contributed by atoms with van der Waals surface area (Å²) in [5, 5.41) is 0.636. The van der Waals surface area contributed by atoms with Crippen LogP contribution in [-0.4, -0.2) is 15.0 Å². The van der Waals surface area contributed by atoms with Crippen molar-refractivity contribution in [2.45, 2.75) is 20.3 Å². The molecule has 0 aliphatic carbocycles. The van der Waals surface area contributed by atoms with Crippen LogP contribution in [0.1, 0.15) is 18.2 Å². The summed E-state index contributed by atoms with van der Waals surface area (Å²) in [4.78, 5) is 22.8. The molecule has 0 bridgehead atoms. The van der Waals surface area contributed by atoms with Crippen molar-refractivity contribution in [1.29, 1.82) is 0 Å². The average molecular weight is 256 g/mol. The molecule has 0 saturated carbocycles. The van der Waals surface area contributed by atoms with E-state index in [4.69, 9.17) is 11.6 Å². The van der Waals surface area contributed by atoms with Crippen LogP contribution in [0.5, 0.6) is 0 Å². The molecule has 2 aromatic rings. The van der Waals surface area contributed by atoms with E-state index in [0.717, 1.165) is 12.1 Å². The van der Waals surface area contributed by atoms with Gasteiger partial charge in [-0.3, -0.25) is 4.79 Å². The minimum Gasteiger partial charge on any atom is -0.304 e. The first-order chi connectivity index (χ1) is 7.61. The van der Waals surface area contributed by atoms with Crippen LogP contribution < -0.4 is 5.56 Å². The zero-order chi connectivity index (χ0) is 11.7. The van der Waals surface area contributed by atoms with Crippen LogP contribution in [0.25, 0.3) is 10.8 Å². The van der Waals surface area contributed by atoms with E-state index in [2.05, 4.69) is 15.0 Å². The number of nitrogens with zero attached hydrogens (tertiary/aromatic N) is 2. The first-order valence-corrected chi connectivity index (χ1v) is 6.02. The monoisotopic (exact) mass is 255 g/mol. The van der Waals surface area contributed by atoms with E-state index in [1.165, 1.54) is 11.3 Å². The third-order valence-corrected chi connectivity index (χ3v) is 3.39. The SMILES string of the molecule is CCc1nc(-c2ncc(Cl)s2)[nH]c(=O)c1C. The number of hydrogen-bond donors (Lipinski definition) is 1. The lowest BCUT2D eigenvalue weighted by atomic mass is 10.2. The van der Waals surface area contributed by atoms with Gasteiger partial charge in [-0.05, 0) is 13.3 Å². The maximum absolute atomic E-state index is 11.6. The van der Waals surface area contributed by atoms with E-state index >= 15 is 0 Å². The molecule has 0 atom stereocenters. The topological polar surface area (TPSA) is 58.6 Å². The first kappa shape index (κ1) is 11.3. The third-order valence-electron chi connectivity index (χ3n) is 2.27. The van der Waals surface area contributed by atoms with Crippen molar-refractivity contribution < 1.29 is 0 Å².